The average Bonchev–Trinajstić information content (AvgIpc) is 2.93. The van der Waals surface area contributed by atoms with Crippen LogP contribution in [-0.4, -0.2) is 22.1 Å². The molecular formula is C18H17BrN2O2. The first-order chi connectivity index (χ1) is 11.0. The molecule has 1 atom stereocenters. The normalized spacial score (nSPS) is 12.3. The lowest BCUT2D eigenvalue weighted by Crippen LogP contribution is -2.28. The van der Waals surface area contributed by atoms with Crippen molar-refractivity contribution in [2.75, 3.05) is 6.54 Å². The smallest absolute Gasteiger partial charge is 0.251 e. The quantitative estimate of drug-likeness (QED) is 0.737. The van der Waals surface area contributed by atoms with Crippen molar-refractivity contribution in [3.8, 4) is 0 Å². The summed E-state index contributed by atoms with van der Waals surface area (Å²) in [6, 6.07) is 14.9. The Labute approximate surface area is 142 Å². The van der Waals surface area contributed by atoms with E-state index in [1.165, 1.54) is 0 Å². The Balaban J connectivity index is 1.66. The van der Waals surface area contributed by atoms with Crippen LogP contribution in [0.25, 0.3) is 10.9 Å². The molecule has 0 saturated carbocycles. The minimum Gasteiger partial charge on any atom is -0.387 e. The number of benzene rings is 2. The number of amides is 1. The summed E-state index contributed by atoms with van der Waals surface area (Å²) >= 11 is 3.34. The molecule has 3 aromatic rings. The molecule has 118 valence electrons. The van der Waals surface area contributed by atoms with E-state index in [9.17, 15) is 9.90 Å². The molecule has 0 radical (unpaired) electrons. The second-order valence-corrected chi connectivity index (χ2v) is 6.39. The van der Waals surface area contributed by atoms with E-state index in [0.29, 0.717) is 5.56 Å². The van der Waals surface area contributed by atoms with Gasteiger partial charge in [-0.3, -0.25) is 4.79 Å². The van der Waals surface area contributed by atoms with Crippen molar-refractivity contribution in [1.29, 1.82) is 0 Å². The number of aromatic nitrogens is 1. The van der Waals surface area contributed by atoms with Crippen LogP contribution in [0.1, 0.15) is 22.0 Å². The van der Waals surface area contributed by atoms with E-state index < -0.39 is 6.10 Å². The number of rotatable bonds is 4. The van der Waals surface area contributed by atoms with E-state index in [1.807, 2.05) is 54.2 Å². The zero-order valence-corrected chi connectivity index (χ0v) is 14.2. The highest BCUT2D eigenvalue weighted by molar-refractivity contribution is 9.10. The number of aryl methyl sites for hydroxylation is 1. The van der Waals surface area contributed by atoms with E-state index in [-0.39, 0.29) is 12.5 Å². The van der Waals surface area contributed by atoms with Gasteiger partial charge in [0, 0.05) is 35.3 Å². The van der Waals surface area contributed by atoms with E-state index in [1.54, 1.807) is 12.1 Å². The number of aliphatic hydroxyl groups is 1. The number of hydrogen-bond donors (Lipinski definition) is 2. The molecule has 2 N–H and O–H groups in total. The molecule has 0 saturated heterocycles. The van der Waals surface area contributed by atoms with Gasteiger partial charge < -0.3 is 15.0 Å². The minimum atomic E-state index is -0.737. The van der Waals surface area contributed by atoms with Crippen molar-refractivity contribution in [2.24, 2.45) is 7.05 Å². The molecule has 0 aliphatic carbocycles. The van der Waals surface area contributed by atoms with Crippen LogP contribution in [0.3, 0.4) is 0 Å². The molecule has 0 aliphatic heterocycles. The highest BCUT2D eigenvalue weighted by Gasteiger charge is 2.12. The second kappa shape index (κ2) is 6.56. The summed E-state index contributed by atoms with van der Waals surface area (Å²) < 4.78 is 2.95. The first-order valence-corrected chi connectivity index (χ1v) is 8.11. The maximum absolute atomic E-state index is 12.1. The predicted octanol–water partition coefficient (Wildman–Crippen LogP) is 3.40. The second-order valence-electron chi connectivity index (χ2n) is 5.48. The van der Waals surface area contributed by atoms with Crippen molar-refractivity contribution in [1.82, 2.24) is 9.88 Å². The van der Waals surface area contributed by atoms with Gasteiger partial charge in [-0.2, -0.15) is 0 Å². The summed E-state index contributed by atoms with van der Waals surface area (Å²) in [6.07, 6.45) is 1.25. The maximum atomic E-state index is 12.1. The van der Waals surface area contributed by atoms with E-state index in [4.69, 9.17) is 0 Å². The Morgan fingerprint density at radius 1 is 1.22 bits per heavy atom. The number of aliphatic hydroxyl groups excluding tert-OH is 1. The summed E-state index contributed by atoms with van der Waals surface area (Å²) in [5.41, 5.74) is 2.47. The van der Waals surface area contributed by atoms with Gasteiger partial charge in [-0.15, -0.1) is 0 Å². The average molecular weight is 373 g/mol. The number of nitrogens with one attached hydrogen (secondary N) is 1. The molecule has 1 aromatic heterocycles. The molecule has 0 aliphatic rings. The van der Waals surface area contributed by atoms with Gasteiger partial charge >= 0.3 is 0 Å². The fraction of sp³-hybridized carbons (Fsp3) is 0.167. The molecule has 0 bridgehead atoms. The molecule has 5 heteroatoms. The molecule has 1 heterocycles. The zero-order chi connectivity index (χ0) is 16.4. The number of hydrogen-bond acceptors (Lipinski definition) is 2. The largest absolute Gasteiger partial charge is 0.387 e. The van der Waals surface area contributed by atoms with E-state index >= 15 is 0 Å². The fourth-order valence-electron chi connectivity index (χ4n) is 2.52. The summed E-state index contributed by atoms with van der Waals surface area (Å²) in [5.74, 6) is -0.197. The van der Waals surface area contributed by atoms with Crippen LogP contribution in [0.5, 0.6) is 0 Å². The van der Waals surface area contributed by atoms with Gasteiger partial charge in [0.25, 0.3) is 5.91 Å². The molecular weight excluding hydrogens is 356 g/mol. The zero-order valence-electron chi connectivity index (χ0n) is 12.7. The molecule has 2 aromatic carbocycles. The van der Waals surface area contributed by atoms with Gasteiger partial charge in [0.15, 0.2) is 0 Å². The SMILES string of the molecule is Cn1ccc2cc(C(O)CNC(=O)c3ccc(Br)cc3)ccc21. The Kier molecular flexibility index (Phi) is 4.50. The topological polar surface area (TPSA) is 54.3 Å². The first-order valence-electron chi connectivity index (χ1n) is 7.31. The van der Waals surface area contributed by atoms with Crippen molar-refractivity contribution in [2.45, 2.75) is 6.10 Å². The van der Waals surface area contributed by atoms with Crippen molar-refractivity contribution < 1.29 is 9.90 Å². The van der Waals surface area contributed by atoms with Crippen LogP contribution < -0.4 is 5.32 Å². The summed E-state index contributed by atoms with van der Waals surface area (Å²) in [5, 5.41) is 14.1. The van der Waals surface area contributed by atoms with Crippen molar-refractivity contribution in [3.63, 3.8) is 0 Å². The summed E-state index contributed by atoms with van der Waals surface area (Å²) in [4.78, 5) is 12.1. The third-order valence-corrected chi connectivity index (χ3v) is 4.39. The van der Waals surface area contributed by atoms with Gasteiger partial charge in [0.05, 0.1) is 6.10 Å². The van der Waals surface area contributed by atoms with E-state index in [2.05, 4.69) is 21.2 Å². The molecule has 0 spiro atoms. The van der Waals surface area contributed by atoms with Crippen LogP contribution >= 0.6 is 15.9 Å². The third kappa shape index (κ3) is 3.46. The predicted molar refractivity (Wildman–Crippen MR) is 94.4 cm³/mol. The van der Waals surface area contributed by atoms with Gasteiger partial charge in [-0.1, -0.05) is 22.0 Å². The Morgan fingerprint density at radius 2 is 1.96 bits per heavy atom. The monoisotopic (exact) mass is 372 g/mol. The summed E-state index contributed by atoms with van der Waals surface area (Å²) in [7, 11) is 1.98. The van der Waals surface area contributed by atoms with Gasteiger partial charge in [0.2, 0.25) is 0 Å². The number of halogens is 1. The molecule has 1 amide bonds. The minimum absolute atomic E-state index is 0.174. The number of nitrogens with zero attached hydrogens (tertiary/aromatic N) is 1. The lowest BCUT2D eigenvalue weighted by atomic mass is 10.1. The van der Waals surface area contributed by atoms with Crippen LogP contribution in [0.4, 0.5) is 0 Å². The molecule has 1 unspecified atom stereocenters. The van der Waals surface area contributed by atoms with Crippen molar-refractivity contribution in [3.05, 3.63) is 70.3 Å². The van der Waals surface area contributed by atoms with Crippen LogP contribution in [-0.2, 0) is 7.05 Å². The Morgan fingerprint density at radius 3 is 2.70 bits per heavy atom. The van der Waals surface area contributed by atoms with Crippen LogP contribution in [0.15, 0.2) is 59.2 Å². The van der Waals surface area contributed by atoms with Crippen LogP contribution in [0.2, 0.25) is 0 Å². The molecule has 4 nitrogen and oxygen atoms in total. The van der Waals surface area contributed by atoms with Gasteiger partial charge in [-0.25, -0.2) is 0 Å². The third-order valence-electron chi connectivity index (χ3n) is 3.86. The number of carbonyl (C=O) groups excluding carboxylic acids is 1. The lowest BCUT2D eigenvalue weighted by Gasteiger charge is -2.13. The number of carbonyl (C=O) groups is 1. The molecule has 0 fully saturated rings. The fourth-order valence-corrected chi connectivity index (χ4v) is 2.78. The highest BCUT2D eigenvalue weighted by Crippen LogP contribution is 2.21. The highest BCUT2D eigenvalue weighted by atomic mass is 79.9. The summed E-state index contributed by atoms with van der Waals surface area (Å²) in [6.45, 7) is 0.174. The van der Waals surface area contributed by atoms with Gasteiger partial charge in [0.1, 0.15) is 0 Å². The first kappa shape index (κ1) is 15.8. The number of fused-ring (bicyclic) bond motifs is 1. The van der Waals surface area contributed by atoms with Crippen molar-refractivity contribution >= 4 is 32.7 Å². The molecule has 3 rings (SSSR count). The van der Waals surface area contributed by atoms with Crippen LogP contribution in [0, 0.1) is 0 Å². The Bertz CT molecular complexity index is 840. The lowest BCUT2D eigenvalue weighted by molar-refractivity contribution is 0.0916. The van der Waals surface area contributed by atoms with Gasteiger partial charge in [-0.05, 0) is 53.4 Å². The maximum Gasteiger partial charge on any atom is 0.251 e. The van der Waals surface area contributed by atoms with E-state index in [0.717, 1.165) is 20.9 Å². The Hall–Kier alpha value is -2.11. The molecule has 23 heavy (non-hydrogen) atoms. The standard InChI is InChI=1S/C18H17BrN2O2/c1-21-9-8-13-10-14(4-7-16(13)21)17(22)11-20-18(23)12-2-5-15(19)6-3-12/h2-10,17,22H,11H2,1H3,(H,20,23).